The Morgan fingerprint density at radius 1 is 1.29 bits per heavy atom. The lowest BCUT2D eigenvalue weighted by Crippen LogP contribution is -2.30. The van der Waals surface area contributed by atoms with Gasteiger partial charge in [0.25, 0.3) is 0 Å². The largest absolute Gasteiger partial charge is 0.381 e. The van der Waals surface area contributed by atoms with Gasteiger partial charge in [0.2, 0.25) is 0 Å². The standard InChI is InChI=1S/C14H26N2O/c1-14(2,12-15)7-3-4-10-17-11-13-5-8-16-9-6-13/h13,16H,3-11H2,1-2H3. The molecule has 1 fully saturated rings. The Kier molecular flexibility index (Phi) is 6.54. The van der Waals surface area contributed by atoms with E-state index in [0.717, 1.165) is 51.5 Å². The van der Waals surface area contributed by atoms with E-state index in [0.29, 0.717) is 0 Å². The SMILES string of the molecule is CC(C)(C#N)CCCCOCC1CCNCC1. The highest BCUT2D eigenvalue weighted by Gasteiger charge is 2.15. The van der Waals surface area contributed by atoms with Gasteiger partial charge in [0.05, 0.1) is 11.5 Å². The van der Waals surface area contributed by atoms with Crippen LogP contribution < -0.4 is 5.32 Å². The summed E-state index contributed by atoms with van der Waals surface area (Å²) in [7, 11) is 0. The maximum Gasteiger partial charge on any atom is 0.0683 e. The van der Waals surface area contributed by atoms with Crippen molar-refractivity contribution in [3.63, 3.8) is 0 Å². The Balaban J connectivity index is 1.92. The third-order valence-corrected chi connectivity index (χ3v) is 3.46. The van der Waals surface area contributed by atoms with Gasteiger partial charge in [0.15, 0.2) is 0 Å². The van der Waals surface area contributed by atoms with Crippen LogP contribution in [0.15, 0.2) is 0 Å². The zero-order valence-corrected chi connectivity index (χ0v) is 11.3. The molecule has 0 saturated carbocycles. The van der Waals surface area contributed by atoms with Crippen LogP contribution in [0.4, 0.5) is 0 Å². The quantitative estimate of drug-likeness (QED) is 0.694. The third-order valence-electron chi connectivity index (χ3n) is 3.46. The van der Waals surface area contributed by atoms with Gasteiger partial charge >= 0.3 is 0 Å². The summed E-state index contributed by atoms with van der Waals surface area (Å²) < 4.78 is 5.71. The van der Waals surface area contributed by atoms with Crippen molar-refractivity contribution in [2.24, 2.45) is 11.3 Å². The maximum atomic E-state index is 8.88. The molecule has 1 rings (SSSR count). The first-order valence-electron chi connectivity index (χ1n) is 6.84. The summed E-state index contributed by atoms with van der Waals surface area (Å²) in [6, 6.07) is 2.34. The molecule has 0 aliphatic carbocycles. The third kappa shape index (κ3) is 6.65. The fraction of sp³-hybridized carbons (Fsp3) is 0.929. The number of hydrogen-bond donors (Lipinski definition) is 1. The molecule has 98 valence electrons. The summed E-state index contributed by atoms with van der Waals surface area (Å²) in [5.74, 6) is 0.756. The second-order valence-corrected chi connectivity index (χ2v) is 5.72. The van der Waals surface area contributed by atoms with Gasteiger partial charge in [-0.15, -0.1) is 0 Å². The number of nitriles is 1. The number of nitrogens with zero attached hydrogens (tertiary/aromatic N) is 1. The van der Waals surface area contributed by atoms with Crippen LogP contribution in [0.2, 0.25) is 0 Å². The summed E-state index contributed by atoms with van der Waals surface area (Å²) >= 11 is 0. The van der Waals surface area contributed by atoms with E-state index in [1.54, 1.807) is 0 Å². The Labute approximate surface area is 106 Å². The van der Waals surface area contributed by atoms with Crippen molar-refractivity contribution in [2.45, 2.75) is 46.0 Å². The zero-order valence-electron chi connectivity index (χ0n) is 11.3. The van der Waals surface area contributed by atoms with Crippen LogP contribution in [0, 0.1) is 22.7 Å². The Bertz CT molecular complexity index is 239. The summed E-state index contributed by atoms with van der Waals surface area (Å²) in [6.07, 6.45) is 5.64. The van der Waals surface area contributed by atoms with Gasteiger partial charge in [-0.1, -0.05) is 0 Å². The van der Waals surface area contributed by atoms with Crippen LogP contribution in [0.25, 0.3) is 0 Å². The summed E-state index contributed by atoms with van der Waals surface area (Å²) in [6.45, 7) is 8.06. The second kappa shape index (κ2) is 7.68. The number of piperidine rings is 1. The van der Waals surface area contributed by atoms with Crippen LogP contribution in [0.1, 0.15) is 46.0 Å². The minimum Gasteiger partial charge on any atom is -0.381 e. The van der Waals surface area contributed by atoms with Crippen molar-refractivity contribution in [1.29, 1.82) is 5.26 Å². The van der Waals surface area contributed by atoms with Gasteiger partial charge in [-0.3, -0.25) is 0 Å². The van der Waals surface area contributed by atoms with Crippen LogP contribution >= 0.6 is 0 Å². The van der Waals surface area contributed by atoms with Crippen molar-refractivity contribution in [1.82, 2.24) is 5.32 Å². The number of nitrogens with one attached hydrogen (secondary N) is 1. The molecule has 0 spiro atoms. The average molecular weight is 238 g/mol. The smallest absolute Gasteiger partial charge is 0.0683 e. The van der Waals surface area contributed by atoms with Gasteiger partial charge in [0, 0.05) is 13.2 Å². The van der Waals surface area contributed by atoms with Crippen molar-refractivity contribution in [3.8, 4) is 6.07 Å². The number of hydrogen-bond acceptors (Lipinski definition) is 3. The van der Waals surface area contributed by atoms with E-state index in [1.165, 1.54) is 12.8 Å². The summed E-state index contributed by atoms with van der Waals surface area (Å²) in [4.78, 5) is 0. The van der Waals surface area contributed by atoms with Crippen molar-refractivity contribution in [2.75, 3.05) is 26.3 Å². The Morgan fingerprint density at radius 3 is 2.65 bits per heavy atom. The van der Waals surface area contributed by atoms with Crippen LogP contribution in [-0.2, 0) is 4.74 Å². The number of unbranched alkanes of at least 4 members (excludes halogenated alkanes) is 1. The molecule has 0 bridgehead atoms. The monoisotopic (exact) mass is 238 g/mol. The predicted molar refractivity (Wildman–Crippen MR) is 69.7 cm³/mol. The highest BCUT2D eigenvalue weighted by atomic mass is 16.5. The van der Waals surface area contributed by atoms with E-state index >= 15 is 0 Å². The number of rotatable bonds is 7. The van der Waals surface area contributed by atoms with E-state index < -0.39 is 0 Å². The molecule has 1 heterocycles. The number of ether oxygens (including phenoxy) is 1. The fourth-order valence-electron chi connectivity index (χ4n) is 2.13. The van der Waals surface area contributed by atoms with Crippen molar-refractivity contribution in [3.05, 3.63) is 0 Å². The first kappa shape index (κ1) is 14.5. The lowest BCUT2D eigenvalue weighted by molar-refractivity contribution is 0.0841. The van der Waals surface area contributed by atoms with Crippen LogP contribution in [0.3, 0.4) is 0 Å². The van der Waals surface area contributed by atoms with E-state index in [-0.39, 0.29) is 5.41 Å². The molecule has 0 atom stereocenters. The molecule has 3 heteroatoms. The minimum atomic E-state index is -0.172. The molecule has 0 aromatic heterocycles. The highest BCUT2D eigenvalue weighted by Crippen LogP contribution is 2.21. The second-order valence-electron chi connectivity index (χ2n) is 5.72. The molecule has 1 aliphatic rings. The topological polar surface area (TPSA) is 45.0 Å². The van der Waals surface area contributed by atoms with Gasteiger partial charge in [-0.25, -0.2) is 0 Å². The molecule has 1 N–H and O–H groups in total. The van der Waals surface area contributed by atoms with E-state index in [1.807, 2.05) is 13.8 Å². The molecular weight excluding hydrogens is 212 g/mol. The molecule has 17 heavy (non-hydrogen) atoms. The maximum absolute atomic E-state index is 8.88. The Morgan fingerprint density at radius 2 is 2.00 bits per heavy atom. The lowest BCUT2D eigenvalue weighted by Gasteiger charge is -2.22. The van der Waals surface area contributed by atoms with E-state index in [4.69, 9.17) is 10.00 Å². The predicted octanol–water partition coefficient (Wildman–Crippen LogP) is 2.72. The van der Waals surface area contributed by atoms with Gasteiger partial charge in [-0.2, -0.15) is 5.26 Å². The van der Waals surface area contributed by atoms with Crippen LogP contribution in [0.5, 0.6) is 0 Å². The van der Waals surface area contributed by atoms with Gasteiger partial charge in [0.1, 0.15) is 0 Å². The van der Waals surface area contributed by atoms with E-state index in [9.17, 15) is 0 Å². The van der Waals surface area contributed by atoms with Crippen LogP contribution in [-0.4, -0.2) is 26.3 Å². The van der Waals surface area contributed by atoms with Crippen molar-refractivity contribution >= 4 is 0 Å². The molecule has 0 unspecified atom stereocenters. The summed E-state index contributed by atoms with van der Waals surface area (Å²) in [5, 5.41) is 12.2. The fourth-order valence-corrected chi connectivity index (χ4v) is 2.13. The summed E-state index contributed by atoms with van der Waals surface area (Å²) in [5.41, 5.74) is -0.172. The van der Waals surface area contributed by atoms with Gasteiger partial charge < -0.3 is 10.1 Å². The average Bonchev–Trinajstić information content (AvgIpc) is 2.35. The Hall–Kier alpha value is -0.590. The molecule has 0 radical (unpaired) electrons. The van der Waals surface area contributed by atoms with E-state index in [2.05, 4.69) is 11.4 Å². The molecule has 1 saturated heterocycles. The molecule has 0 aromatic rings. The first-order chi connectivity index (χ1) is 8.14. The van der Waals surface area contributed by atoms with Gasteiger partial charge in [-0.05, 0) is 65.0 Å². The first-order valence-corrected chi connectivity index (χ1v) is 6.84. The van der Waals surface area contributed by atoms with Crippen molar-refractivity contribution < 1.29 is 4.74 Å². The highest BCUT2D eigenvalue weighted by molar-refractivity contribution is 4.91. The molecular formula is C14H26N2O. The lowest BCUT2D eigenvalue weighted by atomic mass is 9.89. The molecule has 0 aromatic carbocycles. The zero-order chi connectivity index (χ0) is 12.6. The minimum absolute atomic E-state index is 0.172. The molecule has 3 nitrogen and oxygen atoms in total. The molecule has 0 amide bonds. The normalized spacial score (nSPS) is 17.9. The molecule has 1 aliphatic heterocycles.